The van der Waals surface area contributed by atoms with E-state index >= 15 is 0 Å². The summed E-state index contributed by atoms with van der Waals surface area (Å²) in [6.45, 7) is 4.73. The second-order valence-corrected chi connectivity index (χ2v) is 4.67. The molecule has 0 saturated carbocycles. The maximum atomic E-state index is 5.40. The number of aromatic nitrogens is 2. The molecule has 0 spiro atoms. The monoisotopic (exact) mass is 267 g/mol. The highest BCUT2D eigenvalue weighted by Crippen LogP contribution is 2.14. The quantitative estimate of drug-likeness (QED) is 0.361. The van der Waals surface area contributed by atoms with Crippen LogP contribution in [0.25, 0.3) is 0 Å². The van der Waals surface area contributed by atoms with E-state index in [4.69, 9.17) is 10.6 Å². The highest BCUT2D eigenvalue weighted by molar-refractivity contribution is 5.47. The summed E-state index contributed by atoms with van der Waals surface area (Å²) < 4.78 is 5.05. The van der Waals surface area contributed by atoms with Crippen LogP contribution in [0.5, 0.6) is 0 Å². The summed E-state index contributed by atoms with van der Waals surface area (Å²) in [6.07, 6.45) is 4.85. The van der Waals surface area contributed by atoms with Crippen LogP contribution in [-0.4, -0.2) is 23.1 Å². The number of hydrogen-bond acceptors (Lipinski definition) is 6. The average molecular weight is 267 g/mol. The molecule has 1 rings (SSSR count). The van der Waals surface area contributed by atoms with Crippen LogP contribution in [0.3, 0.4) is 0 Å². The molecule has 1 unspecified atom stereocenters. The van der Waals surface area contributed by atoms with Gasteiger partial charge in [-0.1, -0.05) is 26.2 Å². The van der Waals surface area contributed by atoms with Crippen LogP contribution < -0.4 is 16.6 Å². The number of anilines is 2. The van der Waals surface area contributed by atoms with Crippen LogP contribution >= 0.6 is 0 Å². The summed E-state index contributed by atoms with van der Waals surface area (Å²) in [6, 6.07) is 2.18. The van der Waals surface area contributed by atoms with E-state index in [1.807, 2.05) is 0 Å². The number of hydrogen-bond donors (Lipinski definition) is 3. The Balaban J connectivity index is 2.62. The lowest BCUT2D eigenvalue weighted by atomic mass is 10.1. The van der Waals surface area contributed by atoms with Crippen molar-refractivity contribution in [1.82, 2.24) is 9.97 Å². The van der Waals surface area contributed by atoms with Crippen molar-refractivity contribution in [3.05, 3.63) is 11.9 Å². The number of hydrazine groups is 1. The van der Waals surface area contributed by atoms with Crippen LogP contribution in [0.2, 0.25) is 0 Å². The lowest BCUT2D eigenvalue weighted by Gasteiger charge is -2.15. The molecule has 4 N–H and O–H groups in total. The molecule has 1 aromatic rings. The van der Waals surface area contributed by atoms with Gasteiger partial charge in [-0.25, -0.2) is 15.8 Å². The fourth-order valence-corrected chi connectivity index (χ4v) is 1.86. The molecule has 1 aromatic heterocycles. The lowest BCUT2D eigenvalue weighted by Crippen LogP contribution is -2.18. The number of rotatable bonds is 9. The Hall–Kier alpha value is -1.40. The Labute approximate surface area is 115 Å². The number of ether oxygens (including phenoxy) is 1. The second kappa shape index (κ2) is 8.66. The van der Waals surface area contributed by atoms with E-state index in [9.17, 15) is 0 Å². The lowest BCUT2D eigenvalue weighted by molar-refractivity contribution is 0.178. The van der Waals surface area contributed by atoms with Gasteiger partial charge in [0.25, 0.3) is 0 Å². The van der Waals surface area contributed by atoms with Crippen molar-refractivity contribution in [2.45, 2.75) is 52.2 Å². The minimum absolute atomic E-state index is 0.369. The van der Waals surface area contributed by atoms with Gasteiger partial charge in [-0.2, -0.15) is 0 Å². The fourth-order valence-electron chi connectivity index (χ4n) is 1.86. The third kappa shape index (κ3) is 5.85. The largest absolute Gasteiger partial charge is 0.377 e. The van der Waals surface area contributed by atoms with Gasteiger partial charge in [0.2, 0.25) is 0 Å². The van der Waals surface area contributed by atoms with E-state index in [2.05, 4.69) is 34.6 Å². The summed E-state index contributed by atoms with van der Waals surface area (Å²) in [5, 5.41) is 3.37. The zero-order valence-electron chi connectivity index (χ0n) is 12.1. The van der Waals surface area contributed by atoms with Crippen molar-refractivity contribution in [1.29, 1.82) is 0 Å². The zero-order chi connectivity index (χ0) is 14.1. The zero-order valence-corrected chi connectivity index (χ0v) is 12.1. The summed E-state index contributed by atoms with van der Waals surface area (Å²) in [5.74, 6) is 7.38. The van der Waals surface area contributed by atoms with Gasteiger partial charge in [0.05, 0.1) is 0 Å². The van der Waals surface area contributed by atoms with Gasteiger partial charge in [0.1, 0.15) is 18.2 Å². The predicted molar refractivity (Wildman–Crippen MR) is 77.8 cm³/mol. The Bertz CT molecular complexity index is 372. The standard InChI is InChI=1S/C13H25N5O/c1-4-5-6-7-10(2)15-11-8-12(18-14)17-13(16-11)9-19-3/h8,10H,4-7,9,14H2,1-3H3,(H2,15,16,17,18). The molecule has 0 amide bonds. The van der Waals surface area contributed by atoms with Crippen molar-refractivity contribution in [2.24, 2.45) is 5.84 Å². The normalized spacial score (nSPS) is 12.2. The van der Waals surface area contributed by atoms with Crippen molar-refractivity contribution in [3.8, 4) is 0 Å². The van der Waals surface area contributed by atoms with Crippen molar-refractivity contribution < 1.29 is 4.74 Å². The highest BCUT2D eigenvalue weighted by Gasteiger charge is 2.07. The summed E-state index contributed by atoms with van der Waals surface area (Å²) in [7, 11) is 1.62. The van der Waals surface area contributed by atoms with Crippen LogP contribution in [-0.2, 0) is 11.3 Å². The molecular weight excluding hydrogens is 242 g/mol. The molecule has 6 nitrogen and oxygen atoms in total. The van der Waals surface area contributed by atoms with E-state index in [1.54, 1.807) is 13.2 Å². The number of nitrogens with one attached hydrogen (secondary N) is 2. The third-order valence-corrected chi connectivity index (χ3v) is 2.83. The molecule has 1 atom stereocenters. The number of unbranched alkanes of at least 4 members (excludes halogenated alkanes) is 2. The Morgan fingerprint density at radius 1 is 1.32 bits per heavy atom. The van der Waals surface area contributed by atoms with E-state index in [0.717, 1.165) is 12.2 Å². The van der Waals surface area contributed by atoms with E-state index < -0.39 is 0 Å². The molecule has 1 heterocycles. The van der Waals surface area contributed by atoms with Crippen molar-refractivity contribution >= 4 is 11.6 Å². The van der Waals surface area contributed by atoms with Gasteiger partial charge in [-0.15, -0.1) is 0 Å². The van der Waals surface area contributed by atoms with E-state index in [0.29, 0.717) is 24.3 Å². The summed E-state index contributed by atoms with van der Waals surface area (Å²) in [5.41, 5.74) is 2.55. The van der Waals surface area contributed by atoms with Gasteiger partial charge in [0, 0.05) is 19.2 Å². The molecule has 19 heavy (non-hydrogen) atoms. The number of nitrogens with two attached hydrogens (primary N) is 1. The van der Waals surface area contributed by atoms with Gasteiger partial charge in [0.15, 0.2) is 5.82 Å². The predicted octanol–water partition coefficient (Wildman–Crippen LogP) is 2.29. The van der Waals surface area contributed by atoms with E-state index in [-0.39, 0.29) is 0 Å². The number of methoxy groups -OCH3 is 1. The minimum atomic E-state index is 0.369. The molecule has 0 aliphatic heterocycles. The first-order valence-corrected chi connectivity index (χ1v) is 6.79. The molecule has 108 valence electrons. The first kappa shape index (κ1) is 15.7. The average Bonchev–Trinajstić information content (AvgIpc) is 2.39. The molecule has 6 heteroatoms. The maximum Gasteiger partial charge on any atom is 0.158 e. The first-order chi connectivity index (χ1) is 9.19. The van der Waals surface area contributed by atoms with E-state index in [1.165, 1.54) is 19.3 Å². The molecule has 0 saturated heterocycles. The minimum Gasteiger partial charge on any atom is -0.377 e. The van der Waals surface area contributed by atoms with Gasteiger partial charge < -0.3 is 15.5 Å². The number of nitrogen functional groups attached to an aromatic ring is 1. The SMILES string of the molecule is CCCCCC(C)Nc1cc(NN)nc(COC)n1. The highest BCUT2D eigenvalue weighted by atomic mass is 16.5. The maximum absolute atomic E-state index is 5.40. The molecule has 0 fully saturated rings. The van der Waals surface area contributed by atoms with Gasteiger partial charge >= 0.3 is 0 Å². The molecule has 0 aliphatic rings. The third-order valence-electron chi connectivity index (χ3n) is 2.83. The number of nitrogens with zero attached hydrogens (tertiary/aromatic N) is 2. The van der Waals surface area contributed by atoms with Crippen LogP contribution in [0.15, 0.2) is 6.07 Å². The summed E-state index contributed by atoms with van der Waals surface area (Å²) >= 11 is 0. The second-order valence-electron chi connectivity index (χ2n) is 4.67. The van der Waals surface area contributed by atoms with Crippen molar-refractivity contribution in [3.63, 3.8) is 0 Å². The summed E-state index contributed by atoms with van der Waals surface area (Å²) in [4.78, 5) is 8.61. The first-order valence-electron chi connectivity index (χ1n) is 6.79. The van der Waals surface area contributed by atoms with Gasteiger partial charge in [-0.3, -0.25) is 0 Å². The van der Waals surface area contributed by atoms with Crippen LogP contribution in [0.1, 0.15) is 45.4 Å². The molecular formula is C13H25N5O. The van der Waals surface area contributed by atoms with Crippen molar-refractivity contribution in [2.75, 3.05) is 17.9 Å². The van der Waals surface area contributed by atoms with Crippen LogP contribution in [0, 0.1) is 0 Å². The molecule has 0 aliphatic carbocycles. The smallest absolute Gasteiger partial charge is 0.158 e. The Kier molecular flexibility index (Phi) is 7.14. The fraction of sp³-hybridized carbons (Fsp3) is 0.692. The van der Waals surface area contributed by atoms with Gasteiger partial charge in [-0.05, 0) is 13.3 Å². The Morgan fingerprint density at radius 2 is 2.05 bits per heavy atom. The topological polar surface area (TPSA) is 85.1 Å². The molecule has 0 radical (unpaired) electrons. The van der Waals surface area contributed by atoms with Crippen LogP contribution in [0.4, 0.5) is 11.6 Å². The molecule has 0 bridgehead atoms. The molecule has 0 aromatic carbocycles. The Morgan fingerprint density at radius 3 is 2.68 bits per heavy atom.